The molecule has 0 fully saturated rings. The van der Waals surface area contributed by atoms with E-state index in [2.05, 4.69) is 5.32 Å². The van der Waals surface area contributed by atoms with Crippen molar-refractivity contribution in [3.05, 3.63) is 70.3 Å². The van der Waals surface area contributed by atoms with Crippen LogP contribution in [0.4, 0.5) is 5.69 Å². The molecular formula is C20H20ClNO3. The highest BCUT2D eigenvalue weighted by Gasteiger charge is 2.17. The molecule has 0 aliphatic heterocycles. The number of hydrogen-bond acceptors (Lipinski definition) is 3. The zero-order valence-electron chi connectivity index (χ0n) is 14.4. The predicted molar refractivity (Wildman–Crippen MR) is 101 cm³/mol. The van der Waals surface area contributed by atoms with Gasteiger partial charge < -0.3 is 10.1 Å². The molecule has 25 heavy (non-hydrogen) atoms. The van der Waals surface area contributed by atoms with Gasteiger partial charge in [0.25, 0.3) is 5.91 Å². The molecule has 0 saturated carbocycles. The van der Waals surface area contributed by atoms with Gasteiger partial charge in [-0.1, -0.05) is 47.5 Å². The summed E-state index contributed by atoms with van der Waals surface area (Å²) in [5.74, 6) is -0.991. The molecule has 0 spiro atoms. The smallest absolute Gasteiger partial charge is 0.331 e. The molecule has 1 atom stereocenters. The Morgan fingerprint density at radius 1 is 1.16 bits per heavy atom. The maximum absolute atomic E-state index is 12.2. The Morgan fingerprint density at radius 3 is 2.64 bits per heavy atom. The minimum atomic E-state index is -0.923. The normalized spacial score (nSPS) is 12.0. The molecule has 2 aromatic rings. The summed E-state index contributed by atoms with van der Waals surface area (Å²) >= 11 is 5.93. The van der Waals surface area contributed by atoms with Gasteiger partial charge in [0.05, 0.1) is 0 Å². The van der Waals surface area contributed by atoms with E-state index in [-0.39, 0.29) is 0 Å². The van der Waals surface area contributed by atoms with Crippen LogP contribution in [0.15, 0.2) is 48.5 Å². The van der Waals surface area contributed by atoms with Crippen LogP contribution in [0.25, 0.3) is 6.08 Å². The number of carbonyl (C=O) groups is 2. The van der Waals surface area contributed by atoms with E-state index < -0.39 is 18.0 Å². The highest BCUT2D eigenvalue weighted by molar-refractivity contribution is 6.31. The summed E-state index contributed by atoms with van der Waals surface area (Å²) in [5.41, 5.74) is 3.45. The number of amides is 1. The average Bonchev–Trinajstić information content (AvgIpc) is 2.56. The standard InChI is InChI=1S/C20H20ClNO3/c1-13-5-4-6-16(11-13)8-10-19(23)25-15(3)20(24)22-18-12-17(21)9-7-14(18)2/h4-12,15H,1-3H3,(H,22,24)/b10-8+/t15-/m1/s1. The van der Waals surface area contributed by atoms with Gasteiger partial charge in [0.1, 0.15) is 0 Å². The monoisotopic (exact) mass is 357 g/mol. The number of rotatable bonds is 5. The van der Waals surface area contributed by atoms with Crippen molar-refractivity contribution in [2.24, 2.45) is 0 Å². The van der Waals surface area contributed by atoms with Crippen LogP contribution < -0.4 is 5.32 Å². The van der Waals surface area contributed by atoms with Crippen molar-refractivity contribution in [3.8, 4) is 0 Å². The lowest BCUT2D eigenvalue weighted by atomic mass is 10.1. The average molecular weight is 358 g/mol. The number of hydrogen-bond donors (Lipinski definition) is 1. The van der Waals surface area contributed by atoms with Crippen LogP contribution >= 0.6 is 11.6 Å². The molecule has 0 aromatic heterocycles. The van der Waals surface area contributed by atoms with Gasteiger partial charge in [0, 0.05) is 16.8 Å². The number of ether oxygens (including phenoxy) is 1. The van der Waals surface area contributed by atoms with Gasteiger partial charge in [-0.2, -0.15) is 0 Å². The summed E-state index contributed by atoms with van der Waals surface area (Å²) < 4.78 is 5.14. The molecule has 0 radical (unpaired) electrons. The van der Waals surface area contributed by atoms with E-state index in [4.69, 9.17) is 16.3 Å². The highest BCUT2D eigenvalue weighted by Crippen LogP contribution is 2.20. The largest absolute Gasteiger partial charge is 0.449 e. The van der Waals surface area contributed by atoms with E-state index in [0.717, 1.165) is 16.7 Å². The van der Waals surface area contributed by atoms with Crippen LogP contribution in [-0.4, -0.2) is 18.0 Å². The summed E-state index contributed by atoms with van der Waals surface area (Å²) in [6, 6.07) is 12.9. The van der Waals surface area contributed by atoms with Crippen LogP contribution in [-0.2, 0) is 14.3 Å². The van der Waals surface area contributed by atoms with E-state index in [0.29, 0.717) is 10.7 Å². The molecule has 0 aliphatic rings. The van der Waals surface area contributed by atoms with E-state index in [9.17, 15) is 9.59 Å². The van der Waals surface area contributed by atoms with Gasteiger partial charge in [0.15, 0.2) is 6.10 Å². The maximum atomic E-state index is 12.2. The van der Waals surface area contributed by atoms with Crippen LogP contribution in [0.1, 0.15) is 23.6 Å². The summed E-state index contributed by atoms with van der Waals surface area (Å²) in [7, 11) is 0. The second-order valence-electron chi connectivity index (χ2n) is 5.78. The van der Waals surface area contributed by atoms with Crippen LogP contribution in [0.2, 0.25) is 5.02 Å². The zero-order chi connectivity index (χ0) is 18.4. The first-order valence-corrected chi connectivity index (χ1v) is 8.25. The van der Waals surface area contributed by atoms with Crippen molar-refractivity contribution in [1.29, 1.82) is 0 Å². The third kappa shape index (κ3) is 5.76. The number of nitrogens with one attached hydrogen (secondary N) is 1. The lowest BCUT2D eigenvalue weighted by molar-refractivity contribution is -0.148. The minimum Gasteiger partial charge on any atom is -0.449 e. The Labute approximate surface area is 152 Å². The third-order valence-corrected chi connectivity index (χ3v) is 3.81. The van der Waals surface area contributed by atoms with Crippen LogP contribution in [0.3, 0.4) is 0 Å². The fraction of sp³-hybridized carbons (Fsp3) is 0.200. The van der Waals surface area contributed by atoms with E-state index >= 15 is 0 Å². The Kier molecular flexibility index (Phi) is 6.37. The van der Waals surface area contributed by atoms with Crippen molar-refractivity contribution in [2.75, 3.05) is 5.32 Å². The Bertz CT molecular complexity index is 814. The van der Waals surface area contributed by atoms with Crippen molar-refractivity contribution in [2.45, 2.75) is 26.9 Å². The summed E-state index contributed by atoms with van der Waals surface area (Å²) in [6.45, 7) is 5.35. The lowest BCUT2D eigenvalue weighted by Crippen LogP contribution is -2.29. The SMILES string of the molecule is Cc1cccc(/C=C/C(=O)O[C@H](C)C(=O)Nc2cc(Cl)ccc2C)c1. The number of aryl methyl sites for hydroxylation is 2. The quantitative estimate of drug-likeness (QED) is 0.631. The highest BCUT2D eigenvalue weighted by atomic mass is 35.5. The number of benzene rings is 2. The molecule has 2 aromatic carbocycles. The van der Waals surface area contributed by atoms with Gasteiger partial charge >= 0.3 is 5.97 Å². The molecule has 0 saturated heterocycles. The van der Waals surface area contributed by atoms with Crippen molar-refractivity contribution in [1.82, 2.24) is 0 Å². The number of anilines is 1. The lowest BCUT2D eigenvalue weighted by Gasteiger charge is -2.14. The van der Waals surface area contributed by atoms with E-state index in [1.54, 1.807) is 24.3 Å². The zero-order valence-corrected chi connectivity index (χ0v) is 15.1. The van der Waals surface area contributed by atoms with Gasteiger partial charge in [-0.25, -0.2) is 4.79 Å². The van der Waals surface area contributed by atoms with E-state index in [1.807, 2.05) is 38.1 Å². The second-order valence-corrected chi connectivity index (χ2v) is 6.21. The molecule has 5 heteroatoms. The molecule has 0 aliphatic carbocycles. The third-order valence-electron chi connectivity index (χ3n) is 3.57. The fourth-order valence-corrected chi connectivity index (χ4v) is 2.34. The molecule has 130 valence electrons. The minimum absolute atomic E-state index is 0.414. The first-order chi connectivity index (χ1) is 11.8. The molecule has 0 unspecified atom stereocenters. The molecule has 0 heterocycles. The van der Waals surface area contributed by atoms with Crippen LogP contribution in [0.5, 0.6) is 0 Å². The number of halogens is 1. The molecule has 0 bridgehead atoms. The molecule has 1 amide bonds. The van der Waals surface area contributed by atoms with Crippen molar-refractivity contribution < 1.29 is 14.3 Å². The Hall–Kier alpha value is -2.59. The summed E-state index contributed by atoms with van der Waals surface area (Å²) in [4.78, 5) is 24.1. The first-order valence-electron chi connectivity index (χ1n) is 7.87. The number of esters is 1. The fourth-order valence-electron chi connectivity index (χ4n) is 2.17. The molecular weight excluding hydrogens is 338 g/mol. The molecule has 1 N–H and O–H groups in total. The second kappa shape index (κ2) is 8.49. The Morgan fingerprint density at radius 2 is 1.92 bits per heavy atom. The summed E-state index contributed by atoms with van der Waals surface area (Å²) in [6.07, 6.45) is 2.04. The molecule has 2 rings (SSSR count). The first kappa shape index (κ1) is 18.7. The van der Waals surface area contributed by atoms with Gasteiger partial charge in [-0.3, -0.25) is 4.79 Å². The summed E-state index contributed by atoms with van der Waals surface area (Å²) in [5, 5.41) is 3.23. The van der Waals surface area contributed by atoms with Crippen molar-refractivity contribution in [3.63, 3.8) is 0 Å². The number of carbonyl (C=O) groups excluding carboxylic acids is 2. The topological polar surface area (TPSA) is 55.4 Å². The van der Waals surface area contributed by atoms with E-state index in [1.165, 1.54) is 13.0 Å². The Balaban J connectivity index is 1.94. The van der Waals surface area contributed by atoms with Gasteiger partial charge in [-0.15, -0.1) is 0 Å². The van der Waals surface area contributed by atoms with Crippen LogP contribution in [0, 0.1) is 13.8 Å². The van der Waals surface area contributed by atoms with Gasteiger partial charge in [-0.05, 0) is 50.1 Å². The predicted octanol–water partition coefficient (Wildman–Crippen LogP) is 4.54. The van der Waals surface area contributed by atoms with Crippen molar-refractivity contribution >= 4 is 35.2 Å². The van der Waals surface area contributed by atoms with Gasteiger partial charge in [0.2, 0.25) is 0 Å². The maximum Gasteiger partial charge on any atom is 0.331 e. The molecule has 4 nitrogen and oxygen atoms in total.